The van der Waals surface area contributed by atoms with Crippen LogP contribution in [0.4, 0.5) is 0 Å². The van der Waals surface area contributed by atoms with E-state index in [-0.39, 0.29) is 12.0 Å². The van der Waals surface area contributed by atoms with Crippen molar-refractivity contribution in [1.82, 2.24) is 4.90 Å². The fourth-order valence-corrected chi connectivity index (χ4v) is 2.82. The maximum atomic E-state index is 12.7. The van der Waals surface area contributed by atoms with Gasteiger partial charge in [-0.15, -0.1) is 0 Å². The third kappa shape index (κ3) is 4.85. The SMILES string of the molecule is CCOc1ccc(C(=O)N2CCC(OCCCN)CC2)cc1OC. The lowest BCUT2D eigenvalue weighted by molar-refractivity contribution is 0.00844. The van der Waals surface area contributed by atoms with Crippen LogP contribution in [0, 0.1) is 0 Å². The average molecular weight is 336 g/mol. The quantitative estimate of drug-likeness (QED) is 0.736. The number of piperidine rings is 1. The van der Waals surface area contributed by atoms with Crippen LogP contribution >= 0.6 is 0 Å². The molecular formula is C18H28N2O4. The van der Waals surface area contributed by atoms with E-state index >= 15 is 0 Å². The molecule has 0 aromatic heterocycles. The molecule has 0 bridgehead atoms. The average Bonchev–Trinajstić information content (AvgIpc) is 2.62. The summed E-state index contributed by atoms with van der Waals surface area (Å²) in [5.74, 6) is 1.27. The molecule has 1 aliphatic heterocycles. The maximum absolute atomic E-state index is 12.7. The van der Waals surface area contributed by atoms with Gasteiger partial charge >= 0.3 is 0 Å². The molecule has 1 aromatic carbocycles. The van der Waals surface area contributed by atoms with Crippen LogP contribution in [0.3, 0.4) is 0 Å². The van der Waals surface area contributed by atoms with E-state index in [0.717, 1.165) is 19.3 Å². The van der Waals surface area contributed by atoms with Crippen molar-refractivity contribution in [2.75, 3.05) is 40.0 Å². The fourth-order valence-electron chi connectivity index (χ4n) is 2.82. The van der Waals surface area contributed by atoms with E-state index in [4.69, 9.17) is 19.9 Å². The van der Waals surface area contributed by atoms with Gasteiger partial charge in [-0.05, 0) is 50.9 Å². The van der Waals surface area contributed by atoms with Crippen LogP contribution in [0.1, 0.15) is 36.5 Å². The summed E-state index contributed by atoms with van der Waals surface area (Å²) in [6.07, 6.45) is 2.84. The molecule has 1 fully saturated rings. The van der Waals surface area contributed by atoms with Crippen LogP contribution in [0.2, 0.25) is 0 Å². The van der Waals surface area contributed by atoms with Gasteiger partial charge in [0.25, 0.3) is 5.91 Å². The number of hydrogen-bond donors (Lipinski definition) is 1. The van der Waals surface area contributed by atoms with Crippen LogP contribution in [0.5, 0.6) is 11.5 Å². The Bertz CT molecular complexity index is 528. The first kappa shape index (κ1) is 18.5. The molecule has 0 atom stereocenters. The predicted octanol–water partition coefficient (Wildman–Crippen LogP) is 2.06. The molecule has 0 aliphatic carbocycles. The van der Waals surface area contributed by atoms with E-state index in [1.54, 1.807) is 25.3 Å². The van der Waals surface area contributed by atoms with E-state index in [1.807, 2.05) is 11.8 Å². The van der Waals surface area contributed by atoms with Crippen molar-refractivity contribution in [2.45, 2.75) is 32.3 Å². The van der Waals surface area contributed by atoms with E-state index < -0.39 is 0 Å². The summed E-state index contributed by atoms with van der Waals surface area (Å²) in [6.45, 7) is 5.24. The molecule has 0 saturated carbocycles. The Balaban J connectivity index is 1.93. The summed E-state index contributed by atoms with van der Waals surface area (Å²) in [5.41, 5.74) is 6.09. The van der Waals surface area contributed by atoms with Crippen molar-refractivity contribution in [3.05, 3.63) is 23.8 Å². The lowest BCUT2D eigenvalue weighted by Crippen LogP contribution is -2.41. The predicted molar refractivity (Wildman–Crippen MR) is 92.7 cm³/mol. The molecule has 134 valence electrons. The Kier molecular flexibility index (Phi) is 7.34. The highest BCUT2D eigenvalue weighted by Gasteiger charge is 2.24. The molecule has 0 unspecified atom stereocenters. The first-order chi connectivity index (χ1) is 11.7. The fraction of sp³-hybridized carbons (Fsp3) is 0.611. The first-order valence-electron chi connectivity index (χ1n) is 8.61. The lowest BCUT2D eigenvalue weighted by Gasteiger charge is -2.32. The molecule has 1 aromatic rings. The zero-order valence-electron chi connectivity index (χ0n) is 14.6. The molecule has 6 heteroatoms. The standard InChI is InChI=1S/C18H28N2O4/c1-3-23-16-6-5-14(13-17(16)22-2)18(21)20-10-7-15(8-11-20)24-12-4-9-19/h5-6,13,15H,3-4,7-12,19H2,1-2H3. The topological polar surface area (TPSA) is 74.0 Å². The molecule has 2 N–H and O–H groups in total. The molecule has 0 radical (unpaired) electrons. The number of benzene rings is 1. The first-order valence-corrected chi connectivity index (χ1v) is 8.61. The van der Waals surface area contributed by atoms with Gasteiger partial charge in [0.15, 0.2) is 11.5 Å². The zero-order valence-corrected chi connectivity index (χ0v) is 14.6. The highest BCUT2D eigenvalue weighted by Crippen LogP contribution is 2.29. The minimum atomic E-state index is 0.0248. The summed E-state index contributed by atoms with van der Waals surface area (Å²) >= 11 is 0. The van der Waals surface area contributed by atoms with Gasteiger partial charge in [-0.25, -0.2) is 0 Å². The van der Waals surface area contributed by atoms with Crippen LogP contribution in [-0.2, 0) is 4.74 Å². The second kappa shape index (κ2) is 9.49. The van der Waals surface area contributed by atoms with Gasteiger partial charge in [0, 0.05) is 25.3 Å². The molecule has 2 rings (SSSR count). The Morgan fingerprint density at radius 2 is 2.04 bits per heavy atom. The van der Waals surface area contributed by atoms with E-state index in [2.05, 4.69) is 0 Å². The Morgan fingerprint density at radius 1 is 1.29 bits per heavy atom. The molecule has 1 heterocycles. The smallest absolute Gasteiger partial charge is 0.253 e. The number of nitrogens with two attached hydrogens (primary N) is 1. The van der Waals surface area contributed by atoms with Crippen molar-refractivity contribution < 1.29 is 19.0 Å². The minimum absolute atomic E-state index is 0.0248. The molecule has 1 amide bonds. The Labute approximate surface area is 143 Å². The third-order valence-electron chi connectivity index (χ3n) is 4.14. The number of hydrogen-bond acceptors (Lipinski definition) is 5. The van der Waals surface area contributed by atoms with Crippen LogP contribution in [0.15, 0.2) is 18.2 Å². The largest absolute Gasteiger partial charge is 0.493 e. The van der Waals surface area contributed by atoms with Gasteiger partial charge < -0.3 is 24.8 Å². The molecule has 0 spiro atoms. The number of amides is 1. The van der Waals surface area contributed by atoms with Gasteiger partial charge in [0.1, 0.15) is 0 Å². The Morgan fingerprint density at radius 3 is 2.67 bits per heavy atom. The summed E-state index contributed by atoms with van der Waals surface area (Å²) in [4.78, 5) is 14.5. The number of carbonyl (C=O) groups is 1. The van der Waals surface area contributed by atoms with Gasteiger partial charge in [-0.2, -0.15) is 0 Å². The van der Waals surface area contributed by atoms with Crippen molar-refractivity contribution >= 4 is 5.91 Å². The molecule has 1 aliphatic rings. The van der Waals surface area contributed by atoms with Crippen molar-refractivity contribution in [3.8, 4) is 11.5 Å². The summed E-state index contributed by atoms with van der Waals surface area (Å²) < 4.78 is 16.6. The van der Waals surface area contributed by atoms with Crippen molar-refractivity contribution in [2.24, 2.45) is 5.73 Å². The third-order valence-corrected chi connectivity index (χ3v) is 4.14. The van der Waals surface area contributed by atoms with Crippen LogP contribution < -0.4 is 15.2 Å². The molecular weight excluding hydrogens is 308 g/mol. The lowest BCUT2D eigenvalue weighted by atomic mass is 10.1. The van der Waals surface area contributed by atoms with E-state index in [9.17, 15) is 4.79 Å². The summed E-state index contributed by atoms with van der Waals surface area (Å²) in [7, 11) is 1.58. The van der Waals surface area contributed by atoms with Gasteiger partial charge in [0.2, 0.25) is 0 Å². The van der Waals surface area contributed by atoms with Crippen molar-refractivity contribution in [1.29, 1.82) is 0 Å². The van der Waals surface area contributed by atoms with Gasteiger partial charge in [-0.3, -0.25) is 4.79 Å². The van der Waals surface area contributed by atoms with Crippen molar-refractivity contribution in [3.63, 3.8) is 0 Å². The highest BCUT2D eigenvalue weighted by atomic mass is 16.5. The number of rotatable bonds is 8. The highest BCUT2D eigenvalue weighted by molar-refractivity contribution is 5.95. The maximum Gasteiger partial charge on any atom is 0.253 e. The number of methoxy groups -OCH3 is 1. The number of ether oxygens (including phenoxy) is 3. The molecule has 24 heavy (non-hydrogen) atoms. The monoisotopic (exact) mass is 336 g/mol. The number of likely N-dealkylation sites (tertiary alicyclic amines) is 1. The van der Waals surface area contributed by atoms with Crippen LogP contribution in [-0.4, -0.2) is 56.9 Å². The summed E-state index contributed by atoms with van der Waals surface area (Å²) in [5, 5.41) is 0. The Hall–Kier alpha value is -1.79. The second-order valence-electron chi connectivity index (χ2n) is 5.80. The van der Waals surface area contributed by atoms with E-state index in [1.165, 1.54) is 0 Å². The molecule has 1 saturated heterocycles. The molecule has 6 nitrogen and oxygen atoms in total. The normalized spacial score (nSPS) is 15.4. The van der Waals surface area contributed by atoms with Gasteiger partial charge in [-0.1, -0.05) is 0 Å². The van der Waals surface area contributed by atoms with Gasteiger partial charge in [0.05, 0.1) is 19.8 Å². The summed E-state index contributed by atoms with van der Waals surface area (Å²) in [6, 6.07) is 5.33. The van der Waals surface area contributed by atoms with E-state index in [0.29, 0.717) is 49.9 Å². The number of nitrogens with zero attached hydrogens (tertiary/aromatic N) is 1. The number of carbonyl (C=O) groups excluding carboxylic acids is 1. The zero-order chi connectivity index (χ0) is 17.4. The van der Waals surface area contributed by atoms with Crippen LogP contribution in [0.25, 0.3) is 0 Å². The second-order valence-corrected chi connectivity index (χ2v) is 5.80. The minimum Gasteiger partial charge on any atom is -0.493 e.